The van der Waals surface area contributed by atoms with Crippen LogP contribution in [0.2, 0.25) is 0 Å². The molecule has 1 aromatic heterocycles. The first-order valence-corrected chi connectivity index (χ1v) is 9.11. The van der Waals surface area contributed by atoms with Crippen molar-refractivity contribution in [3.63, 3.8) is 0 Å². The minimum absolute atomic E-state index is 0.0810. The number of aromatic nitrogens is 3. The van der Waals surface area contributed by atoms with Crippen LogP contribution < -0.4 is 10.1 Å². The average molecular weight is 368 g/mol. The van der Waals surface area contributed by atoms with Crippen molar-refractivity contribution in [3.05, 3.63) is 59.9 Å². The molecule has 0 saturated heterocycles. The largest absolute Gasteiger partial charge is 0.497 e. The lowest BCUT2D eigenvalue weighted by Gasteiger charge is -2.09. The summed E-state index contributed by atoms with van der Waals surface area (Å²) in [4.78, 5) is 12.2. The molecule has 0 saturated carbocycles. The van der Waals surface area contributed by atoms with Crippen molar-refractivity contribution in [1.82, 2.24) is 14.8 Å². The first kappa shape index (κ1) is 18.0. The number of hydrogen-bond donors (Lipinski definition) is 1. The van der Waals surface area contributed by atoms with E-state index in [0.717, 1.165) is 28.5 Å². The molecule has 1 heterocycles. The monoisotopic (exact) mass is 368 g/mol. The number of anilines is 1. The number of nitrogens with zero attached hydrogens (tertiary/aromatic N) is 3. The first-order valence-electron chi connectivity index (χ1n) is 8.12. The predicted molar refractivity (Wildman–Crippen MR) is 103 cm³/mol. The highest BCUT2D eigenvalue weighted by Crippen LogP contribution is 2.23. The molecule has 1 N–H and O–H groups in total. The number of benzene rings is 2. The smallest absolute Gasteiger partial charge is 0.234 e. The summed E-state index contributed by atoms with van der Waals surface area (Å²) in [5, 5.41) is 11.9. The SMILES string of the molecule is COc1ccc(-n2c(C)nnc2SCC(=O)Nc2cccc(C)c2)cc1. The zero-order chi connectivity index (χ0) is 18.5. The van der Waals surface area contributed by atoms with E-state index in [9.17, 15) is 4.79 Å². The molecule has 0 aliphatic carbocycles. The van der Waals surface area contributed by atoms with Crippen molar-refractivity contribution in [1.29, 1.82) is 0 Å². The van der Waals surface area contributed by atoms with Gasteiger partial charge in [-0.25, -0.2) is 0 Å². The van der Waals surface area contributed by atoms with Crippen LogP contribution in [0.3, 0.4) is 0 Å². The standard InChI is InChI=1S/C19H20N4O2S/c1-13-5-4-6-15(11-13)20-18(24)12-26-19-22-21-14(2)23(19)16-7-9-17(25-3)10-8-16/h4-11H,12H2,1-3H3,(H,20,24). The molecule has 1 amide bonds. The maximum Gasteiger partial charge on any atom is 0.234 e. The molecule has 0 unspecified atom stereocenters. The van der Waals surface area contributed by atoms with E-state index >= 15 is 0 Å². The number of rotatable bonds is 6. The topological polar surface area (TPSA) is 69.0 Å². The third-order valence-electron chi connectivity index (χ3n) is 3.76. The second-order valence-electron chi connectivity index (χ2n) is 5.77. The van der Waals surface area contributed by atoms with Gasteiger partial charge in [-0.15, -0.1) is 10.2 Å². The number of amides is 1. The van der Waals surface area contributed by atoms with Crippen molar-refractivity contribution < 1.29 is 9.53 Å². The Morgan fingerprint density at radius 2 is 1.92 bits per heavy atom. The second-order valence-corrected chi connectivity index (χ2v) is 6.71. The Bertz CT molecular complexity index is 906. The molecule has 0 aliphatic heterocycles. The van der Waals surface area contributed by atoms with Crippen LogP contribution in [0.15, 0.2) is 53.7 Å². The van der Waals surface area contributed by atoms with Crippen LogP contribution in [0.25, 0.3) is 5.69 Å². The van der Waals surface area contributed by atoms with Gasteiger partial charge in [0.2, 0.25) is 5.91 Å². The van der Waals surface area contributed by atoms with E-state index in [1.165, 1.54) is 11.8 Å². The van der Waals surface area contributed by atoms with Gasteiger partial charge in [0, 0.05) is 11.4 Å². The molecular weight excluding hydrogens is 348 g/mol. The Labute approximate surface area is 156 Å². The lowest BCUT2D eigenvalue weighted by molar-refractivity contribution is -0.113. The minimum Gasteiger partial charge on any atom is -0.497 e. The predicted octanol–water partition coefficient (Wildman–Crippen LogP) is 3.62. The normalized spacial score (nSPS) is 10.6. The highest BCUT2D eigenvalue weighted by molar-refractivity contribution is 7.99. The van der Waals surface area contributed by atoms with Crippen LogP contribution in [-0.4, -0.2) is 33.5 Å². The van der Waals surface area contributed by atoms with Crippen molar-refractivity contribution >= 4 is 23.4 Å². The third kappa shape index (κ3) is 4.23. The molecule has 3 aromatic rings. The number of ether oxygens (including phenoxy) is 1. The minimum atomic E-state index is -0.0810. The maximum atomic E-state index is 12.2. The fourth-order valence-corrected chi connectivity index (χ4v) is 3.31. The number of thioether (sulfide) groups is 1. The Kier molecular flexibility index (Phi) is 5.58. The summed E-state index contributed by atoms with van der Waals surface area (Å²) in [5.74, 6) is 1.72. The van der Waals surface area contributed by atoms with Gasteiger partial charge < -0.3 is 10.1 Å². The lowest BCUT2D eigenvalue weighted by atomic mass is 10.2. The molecule has 0 fully saturated rings. The summed E-state index contributed by atoms with van der Waals surface area (Å²) < 4.78 is 7.11. The maximum absolute atomic E-state index is 12.2. The van der Waals surface area contributed by atoms with Crippen LogP contribution in [-0.2, 0) is 4.79 Å². The van der Waals surface area contributed by atoms with Crippen LogP contribution in [0.1, 0.15) is 11.4 Å². The summed E-state index contributed by atoms with van der Waals surface area (Å²) in [6, 6.07) is 15.4. The number of aryl methyl sites for hydroxylation is 2. The molecule has 3 rings (SSSR count). The number of carbonyl (C=O) groups is 1. The number of hydrogen-bond acceptors (Lipinski definition) is 5. The van der Waals surface area contributed by atoms with Gasteiger partial charge in [0.05, 0.1) is 12.9 Å². The number of methoxy groups -OCH3 is 1. The zero-order valence-corrected chi connectivity index (χ0v) is 15.7. The lowest BCUT2D eigenvalue weighted by Crippen LogP contribution is -2.14. The van der Waals surface area contributed by atoms with E-state index < -0.39 is 0 Å². The van der Waals surface area contributed by atoms with E-state index in [1.807, 2.05) is 66.9 Å². The molecule has 134 valence electrons. The summed E-state index contributed by atoms with van der Waals surface area (Å²) in [6.45, 7) is 3.87. The van der Waals surface area contributed by atoms with Gasteiger partial charge in [-0.1, -0.05) is 23.9 Å². The highest BCUT2D eigenvalue weighted by atomic mass is 32.2. The van der Waals surface area contributed by atoms with E-state index in [4.69, 9.17) is 4.74 Å². The van der Waals surface area contributed by atoms with Crippen molar-refractivity contribution in [3.8, 4) is 11.4 Å². The summed E-state index contributed by atoms with van der Waals surface area (Å²) in [6.07, 6.45) is 0. The molecule has 26 heavy (non-hydrogen) atoms. The van der Waals surface area contributed by atoms with Gasteiger partial charge in [0.15, 0.2) is 5.16 Å². The van der Waals surface area contributed by atoms with Gasteiger partial charge in [0.1, 0.15) is 11.6 Å². The van der Waals surface area contributed by atoms with E-state index in [2.05, 4.69) is 15.5 Å². The van der Waals surface area contributed by atoms with E-state index in [1.54, 1.807) is 7.11 Å². The van der Waals surface area contributed by atoms with E-state index in [-0.39, 0.29) is 11.7 Å². The molecule has 0 bridgehead atoms. The van der Waals surface area contributed by atoms with E-state index in [0.29, 0.717) is 5.16 Å². The van der Waals surface area contributed by atoms with Crippen LogP contribution >= 0.6 is 11.8 Å². The Morgan fingerprint density at radius 3 is 2.62 bits per heavy atom. The number of carbonyl (C=O) groups excluding carboxylic acids is 1. The average Bonchev–Trinajstić information content (AvgIpc) is 3.00. The van der Waals surface area contributed by atoms with Crippen LogP contribution in [0, 0.1) is 13.8 Å². The van der Waals surface area contributed by atoms with Gasteiger partial charge >= 0.3 is 0 Å². The zero-order valence-electron chi connectivity index (χ0n) is 14.9. The third-order valence-corrected chi connectivity index (χ3v) is 4.69. The fraction of sp³-hybridized carbons (Fsp3) is 0.211. The van der Waals surface area contributed by atoms with Crippen molar-refractivity contribution in [2.24, 2.45) is 0 Å². The second kappa shape index (κ2) is 8.05. The molecule has 6 nitrogen and oxygen atoms in total. The van der Waals surface area contributed by atoms with Gasteiger partial charge in [0.25, 0.3) is 0 Å². The molecule has 0 radical (unpaired) electrons. The molecule has 7 heteroatoms. The Hall–Kier alpha value is -2.80. The van der Waals surface area contributed by atoms with Crippen LogP contribution in [0.5, 0.6) is 5.75 Å². The molecule has 0 spiro atoms. The fourth-order valence-electron chi connectivity index (χ4n) is 2.51. The van der Waals surface area contributed by atoms with Crippen molar-refractivity contribution in [2.45, 2.75) is 19.0 Å². The Morgan fingerprint density at radius 1 is 1.15 bits per heavy atom. The Balaban J connectivity index is 1.69. The first-order chi connectivity index (χ1) is 12.6. The summed E-state index contributed by atoms with van der Waals surface area (Å²) >= 11 is 1.35. The van der Waals surface area contributed by atoms with Gasteiger partial charge in [-0.2, -0.15) is 0 Å². The molecule has 0 atom stereocenters. The molecule has 2 aromatic carbocycles. The van der Waals surface area contributed by atoms with Crippen molar-refractivity contribution in [2.75, 3.05) is 18.2 Å². The van der Waals surface area contributed by atoms with Gasteiger partial charge in [-0.05, 0) is 55.8 Å². The summed E-state index contributed by atoms with van der Waals surface area (Å²) in [7, 11) is 1.63. The quantitative estimate of drug-likeness (QED) is 0.673. The number of nitrogens with one attached hydrogen (secondary N) is 1. The highest BCUT2D eigenvalue weighted by Gasteiger charge is 2.13. The molecular formula is C19H20N4O2S. The summed E-state index contributed by atoms with van der Waals surface area (Å²) in [5.41, 5.74) is 2.82. The van der Waals surface area contributed by atoms with Gasteiger partial charge in [-0.3, -0.25) is 9.36 Å². The molecule has 0 aliphatic rings. The van der Waals surface area contributed by atoms with Crippen LogP contribution in [0.4, 0.5) is 5.69 Å².